The summed E-state index contributed by atoms with van der Waals surface area (Å²) in [7, 11) is 0. The number of aromatic nitrogens is 6. The number of nitro groups is 1. The summed E-state index contributed by atoms with van der Waals surface area (Å²) in [5.74, 6) is 0.558. The Labute approximate surface area is 196 Å². The summed E-state index contributed by atoms with van der Waals surface area (Å²) in [6.07, 6.45) is 1.66. The third-order valence-corrected chi connectivity index (χ3v) is 6.59. The number of imidazole rings is 1. The fourth-order valence-electron chi connectivity index (χ4n) is 3.97. The van der Waals surface area contributed by atoms with Gasteiger partial charge in [0.2, 0.25) is 0 Å². The summed E-state index contributed by atoms with van der Waals surface area (Å²) in [4.78, 5) is 18.1. The topological polar surface area (TPSA) is 127 Å². The summed E-state index contributed by atoms with van der Waals surface area (Å²) in [6, 6.07) is 19.8. The average molecular weight is 469 g/mol. The molecule has 3 aromatic carbocycles. The van der Waals surface area contributed by atoms with E-state index < -0.39 is 4.92 Å². The first-order chi connectivity index (χ1) is 16.7. The van der Waals surface area contributed by atoms with Crippen LogP contribution in [-0.2, 0) is 0 Å². The summed E-state index contributed by atoms with van der Waals surface area (Å²) < 4.78 is 2.76. The quantitative estimate of drug-likeness (QED) is 0.264. The van der Waals surface area contributed by atoms with Gasteiger partial charge in [0.25, 0.3) is 5.69 Å². The predicted octanol–water partition coefficient (Wildman–Crippen LogP) is 4.86. The molecule has 1 atom stereocenters. The van der Waals surface area contributed by atoms with E-state index in [4.69, 9.17) is 0 Å². The van der Waals surface area contributed by atoms with Crippen LogP contribution in [0.3, 0.4) is 0 Å². The maximum absolute atomic E-state index is 11.1. The Balaban J connectivity index is 1.48. The van der Waals surface area contributed by atoms with Crippen LogP contribution in [0.1, 0.15) is 17.4 Å². The molecule has 0 radical (unpaired) electrons. The lowest BCUT2D eigenvalue weighted by Crippen LogP contribution is -2.18. The lowest BCUT2D eigenvalue weighted by Gasteiger charge is -2.19. The molecule has 3 aromatic heterocycles. The van der Waals surface area contributed by atoms with Gasteiger partial charge in [-0.1, -0.05) is 18.2 Å². The number of nitro benzene ring substituents is 1. The number of hydrogen-bond donors (Lipinski definition) is 2. The number of anilines is 1. The Hall–Kier alpha value is -4.64. The van der Waals surface area contributed by atoms with Gasteiger partial charge in [-0.2, -0.15) is 4.68 Å². The van der Waals surface area contributed by atoms with Gasteiger partial charge < -0.3 is 10.3 Å². The molecule has 0 amide bonds. The van der Waals surface area contributed by atoms with Gasteiger partial charge in [0, 0.05) is 28.1 Å². The third-order valence-electron chi connectivity index (χ3n) is 5.61. The molecule has 6 aromatic rings. The van der Waals surface area contributed by atoms with E-state index in [0.29, 0.717) is 11.5 Å². The van der Waals surface area contributed by atoms with Crippen LogP contribution < -0.4 is 5.32 Å². The molecule has 1 unspecified atom stereocenters. The maximum Gasteiger partial charge on any atom is 0.269 e. The number of fused-ring (bicyclic) bond motifs is 2. The molecule has 0 saturated heterocycles. The molecule has 2 N–H and O–H groups in total. The number of nitrogens with one attached hydrogen (secondary N) is 2. The first kappa shape index (κ1) is 20.0. The van der Waals surface area contributed by atoms with Crippen molar-refractivity contribution in [3.05, 3.63) is 99.9 Å². The second kappa shape index (κ2) is 8.05. The molecule has 0 aliphatic heterocycles. The standard InChI is InChI=1S/C23H16N8O2S/c32-31(33)16-8-6-15(7-9-16)30-23(27-28-29-30)22(18-12-34-21-4-2-1-3-17(18)21)26-14-5-10-19-20(11-14)25-13-24-19/h1-13,22,26H,(H,24,25). The van der Waals surface area contributed by atoms with Crippen LogP contribution in [0.15, 0.2) is 78.4 Å². The second-order valence-corrected chi connectivity index (χ2v) is 8.53. The Kier molecular flexibility index (Phi) is 4.73. The van der Waals surface area contributed by atoms with Crippen molar-refractivity contribution in [3.8, 4) is 5.69 Å². The van der Waals surface area contributed by atoms with Crippen LogP contribution in [0.4, 0.5) is 11.4 Å². The molecule has 0 saturated carbocycles. The number of nitrogens with zero attached hydrogens (tertiary/aromatic N) is 6. The van der Waals surface area contributed by atoms with E-state index in [2.05, 4.69) is 48.3 Å². The molecule has 166 valence electrons. The Morgan fingerprint density at radius 1 is 1.09 bits per heavy atom. The van der Waals surface area contributed by atoms with Gasteiger partial charge in [-0.15, -0.1) is 16.4 Å². The molecule has 0 fully saturated rings. The third kappa shape index (κ3) is 3.44. The molecule has 0 bridgehead atoms. The van der Waals surface area contributed by atoms with Crippen LogP contribution in [0, 0.1) is 10.1 Å². The first-order valence-electron chi connectivity index (χ1n) is 10.4. The highest BCUT2D eigenvalue weighted by atomic mass is 32.1. The van der Waals surface area contributed by atoms with Crippen molar-refractivity contribution in [1.29, 1.82) is 0 Å². The molecular weight excluding hydrogens is 452 g/mol. The average Bonchev–Trinajstić information content (AvgIpc) is 3.62. The van der Waals surface area contributed by atoms with Crippen molar-refractivity contribution in [2.24, 2.45) is 0 Å². The van der Waals surface area contributed by atoms with Crippen LogP contribution in [-0.4, -0.2) is 35.1 Å². The number of non-ortho nitro benzene ring substituents is 1. The SMILES string of the molecule is O=[N+]([O-])c1ccc(-n2nnnc2C(Nc2ccc3nc[nH]c3c2)c2csc3ccccc23)cc1. The molecule has 3 heterocycles. The van der Waals surface area contributed by atoms with Crippen molar-refractivity contribution in [3.63, 3.8) is 0 Å². The zero-order chi connectivity index (χ0) is 23.1. The number of rotatable bonds is 6. The zero-order valence-corrected chi connectivity index (χ0v) is 18.3. The molecular formula is C23H16N8O2S. The molecule has 0 aliphatic rings. The summed E-state index contributed by atoms with van der Waals surface area (Å²) in [5.41, 5.74) is 4.32. The molecule has 0 spiro atoms. The number of hydrogen-bond acceptors (Lipinski definition) is 8. The van der Waals surface area contributed by atoms with Gasteiger partial charge in [-0.25, -0.2) is 4.98 Å². The molecule has 6 rings (SSSR count). The van der Waals surface area contributed by atoms with Gasteiger partial charge in [0.05, 0.1) is 28.0 Å². The van der Waals surface area contributed by atoms with E-state index in [-0.39, 0.29) is 11.7 Å². The van der Waals surface area contributed by atoms with E-state index in [1.54, 1.807) is 34.5 Å². The fourth-order valence-corrected chi connectivity index (χ4v) is 4.96. The lowest BCUT2D eigenvalue weighted by atomic mass is 10.0. The Morgan fingerprint density at radius 2 is 1.94 bits per heavy atom. The number of benzene rings is 3. The highest BCUT2D eigenvalue weighted by Gasteiger charge is 2.25. The molecule has 34 heavy (non-hydrogen) atoms. The lowest BCUT2D eigenvalue weighted by molar-refractivity contribution is -0.384. The molecule has 11 heteroatoms. The van der Waals surface area contributed by atoms with E-state index >= 15 is 0 Å². The number of tetrazole rings is 1. The van der Waals surface area contributed by atoms with Crippen LogP contribution in [0.25, 0.3) is 26.8 Å². The zero-order valence-electron chi connectivity index (χ0n) is 17.5. The Bertz CT molecular complexity index is 1640. The van der Waals surface area contributed by atoms with Crippen LogP contribution in [0.5, 0.6) is 0 Å². The second-order valence-electron chi connectivity index (χ2n) is 7.62. The van der Waals surface area contributed by atoms with Crippen LogP contribution >= 0.6 is 11.3 Å². The van der Waals surface area contributed by atoms with Crippen molar-refractivity contribution < 1.29 is 4.92 Å². The summed E-state index contributed by atoms with van der Waals surface area (Å²) in [5, 5.41) is 30.3. The minimum atomic E-state index is -0.433. The van der Waals surface area contributed by atoms with E-state index in [9.17, 15) is 10.1 Å². The largest absolute Gasteiger partial charge is 0.371 e. The fraction of sp³-hybridized carbons (Fsp3) is 0.0435. The smallest absolute Gasteiger partial charge is 0.269 e. The summed E-state index contributed by atoms with van der Waals surface area (Å²) in [6.45, 7) is 0. The van der Waals surface area contributed by atoms with E-state index in [0.717, 1.165) is 32.4 Å². The number of H-pyrrole nitrogens is 1. The van der Waals surface area contributed by atoms with Gasteiger partial charge >= 0.3 is 0 Å². The minimum Gasteiger partial charge on any atom is -0.371 e. The number of aromatic amines is 1. The highest BCUT2D eigenvalue weighted by Crippen LogP contribution is 2.36. The van der Waals surface area contributed by atoms with Gasteiger partial charge in [0.15, 0.2) is 5.82 Å². The molecule has 10 nitrogen and oxygen atoms in total. The van der Waals surface area contributed by atoms with Crippen molar-refractivity contribution in [2.75, 3.05) is 5.32 Å². The summed E-state index contributed by atoms with van der Waals surface area (Å²) >= 11 is 1.65. The van der Waals surface area contributed by atoms with Crippen molar-refractivity contribution >= 4 is 43.8 Å². The van der Waals surface area contributed by atoms with Crippen molar-refractivity contribution in [1.82, 2.24) is 30.2 Å². The Morgan fingerprint density at radius 3 is 2.79 bits per heavy atom. The van der Waals surface area contributed by atoms with Gasteiger partial charge in [-0.05, 0) is 57.6 Å². The normalized spacial score (nSPS) is 12.2. The van der Waals surface area contributed by atoms with E-state index in [1.807, 2.05) is 30.3 Å². The monoisotopic (exact) mass is 468 g/mol. The van der Waals surface area contributed by atoms with Crippen LogP contribution in [0.2, 0.25) is 0 Å². The van der Waals surface area contributed by atoms with E-state index in [1.165, 1.54) is 12.1 Å². The number of thiophene rings is 1. The highest BCUT2D eigenvalue weighted by molar-refractivity contribution is 7.17. The van der Waals surface area contributed by atoms with Gasteiger partial charge in [0.1, 0.15) is 6.04 Å². The van der Waals surface area contributed by atoms with Gasteiger partial charge in [-0.3, -0.25) is 10.1 Å². The minimum absolute atomic E-state index is 0.00439. The van der Waals surface area contributed by atoms with Crippen molar-refractivity contribution in [2.45, 2.75) is 6.04 Å². The predicted molar refractivity (Wildman–Crippen MR) is 129 cm³/mol. The first-order valence-corrected chi connectivity index (χ1v) is 11.2. The maximum atomic E-state index is 11.1. The molecule has 0 aliphatic carbocycles.